The van der Waals surface area contributed by atoms with Crippen molar-refractivity contribution in [1.29, 1.82) is 0 Å². The van der Waals surface area contributed by atoms with Crippen LogP contribution >= 0.6 is 0 Å². The molecule has 0 bridgehead atoms. The van der Waals surface area contributed by atoms with Gasteiger partial charge in [-0.1, -0.05) is 0 Å². The molecule has 1 aromatic heterocycles. The van der Waals surface area contributed by atoms with Crippen LogP contribution in [-0.2, 0) is 12.7 Å². The lowest BCUT2D eigenvalue weighted by atomic mass is 10.1. The minimum Gasteiger partial charge on any atom is -0.508 e. The first-order valence-corrected chi connectivity index (χ1v) is 5.85. The third-order valence-electron chi connectivity index (χ3n) is 2.92. The second kappa shape index (κ2) is 5.12. The van der Waals surface area contributed by atoms with Crippen LogP contribution in [0.1, 0.15) is 27.2 Å². The molecule has 5 nitrogen and oxygen atoms in total. The van der Waals surface area contributed by atoms with Gasteiger partial charge in [-0.3, -0.25) is 4.68 Å². The molecule has 0 spiro atoms. The second-order valence-corrected chi connectivity index (χ2v) is 4.47. The zero-order valence-electron chi connectivity index (χ0n) is 10.8. The van der Waals surface area contributed by atoms with Gasteiger partial charge in [0, 0.05) is 11.8 Å². The number of nitrogens with zero attached hydrogens (tertiary/aromatic N) is 2. The summed E-state index contributed by atoms with van der Waals surface area (Å²) in [5.41, 5.74) is -0.683. The van der Waals surface area contributed by atoms with E-state index in [1.807, 2.05) is 0 Å². The number of phenols is 1. The molecule has 0 aliphatic rings. The number of hydrogen-bond donors (Lipinski definition) is 2. The number of hydrogen-bond acceptors (Lipinski definition) is 3. The quantitative estimate of drug-likeness (QED) is 0.913. The van der Waals surface area contributed by atoms with Crippen LogP contribution in [-0.4, -0.2) is 26.0 Å². The Hall–Kier alpha value is -2.51. The Kier molecular flexibility index (Phi) is 3.63. The lowest BCUT2D eigenvalue weighted by Crippen LogP contribution is -2.07. The third-order valence-corrected chi connectivity index (χ3v) is 2.92. The Morgan fingerprint density at radius 2 is 2.05 bits per heavy atom. The number of benzene rings is 1. The maximum Gasteiger partial charge on any atom is 0.416 e. The summed E-state index contributed by atoms with van der Waals surface area (Å²) in [5, 5.41) is 22.4. The number of aryl methyl sites for hydroxylation is 1. The zero-order chi connectivity index (χ0) is 15.8. The van der Waals surface area contributed by atoms with Crippen molar-refractivity contribution in [3.63, 3.8) is 0 Å². The molecule has 2 aromatic rings. The summed E-state index contributed by atoms with van der Waals surface area (Å²) in [5.74, 6) is -1.49. The lowest BCUT2D eigenvalue weighted by Gasteiger charge is -2.10. The van der Waals surface area contributed by atoms with Crippen molar-refractivity contribution < 1.29 is 28.2 Å². The standard InChI is InChI=1S/C13H11F3N2O3/c1-7-10(12(20)21)6-18(17-7)5-8-4-9(13(14,15)16)2-3-11(8)19/h2-4,6,19H,5H2,1H3,(H,20,21). The normalized spacial score (nSPS) is 11.6. The van der Waals surface area contributed by atoms with E-state index in [9.17, 15) is 23.1 Å². The highest BCUT2D eigenvalue weighted by Crippen LogP contribution is 2.32. The van der Waals surface area contributed by atoms with Gasteiger partial charge in [0.15, 0.2) is 0 Å². The molecular formula is C13H11F3N2O3. The molecule has 0 saturated carbocycles. The predicted molar refractivity (Wildman–Crippen MR) is 66.1 cm³/mol. The van der Waals surface area contributed by atoms with Crippen LogP contribution < -0.4 is 0 Å². The minimum atomic E-state index is -4.52. The van der Waals surface area contributed by atoms with E-state index >= 15 is 0 Å². The molecule has 8 heteroatoms. The van der Waals surface area contributed by atoms with Crippen LogP contribution in [0.2, 0.25) is 0 Å². The van der Waals surface area contributed by atoms with E-state index in [-0.39, 0.29) is 29.1 Å². The van der Waals surface area contributed by atoms with Crippen LogP contribution in [0.15, 0.2) is 24.4 Å². The number of carboxylic acids is 1. The van der Waals surface area contributed by atoms with E-state index < -0.39 is 17.7 Å². The van der Waals surface area contributed by atoms with Crippen molar-refractivity contribution in [2.75, 3.05) is 0 Å². The molecule has 0 unspecified atom stereocenters. The van der Waals surface area contributed by atoms with Crippen LogP contribution in [0.25, 0.3) is 0 Å². The highest BCUT2D eigenvalue weighted by atomic mass is 19.4. The van der Waals surface area contributed by atoms with Gasteiger partial charge in [-0.15, -0.1) is 0 Å². The number of aromatic carboxylic acids is 1. The van der Waals surface area contributed by atoms with Gasteiger partial charge < -0.3 is 10.2 Å². The van der Waals surface area contributed by atoms with Crippen molar-refractivity contribution in [2.45, 2.75) is 19.6 Å². The van der Waals surface area contributed by atoms with E-state index in [0.29, 0.717) is 0 Å². The van der Waals surface area contributed by atoms with Crippen LogP contribution in [0.5, 0.6) is 5.75 Å². The van der Waals surface area contributed by atoms with E-state index in [1.54, 1.807) is 0 Å². The summed E-state index contributed by atoms with van der Waals surface area (Å²) in [6.07, 6.45) is -3.31. The SMILES string of the molecule is Cc1nn(Cc2cc(C(F)(F)F)ccc2O)cc1C(=O)O. The molecule has 2 N–H and O–H groups in total. The highest BCUT2D eigenvalue weighted by molar-refractivity contribution is 5.88. The van der Waals surface area contributed by atoms with E-state index in [2.05, 4.69) is 5.10 Å². The number of halogens is 3. The van der Waals surface area contributed by atoms with Gasteiger partial charge in [0.2, 0.25) is 0 Å². The minimum absolute atomic E-state index is 0.00395. The van der Waals surface area contributed by atoms with Crippen molar-refractivity contribution in [2.24, 2.45) is 0 Å². The fraction of sp³-hybridized carbons (Fsp3) is 0.231. The Labute approximate surface area is 117 Å². The van der Waals surface area contributed by atoms with Crippen LogP contribution in [0.4, 0.5) is 13.2 Å². The molecule has 0 aliphatic heterocycles. The summed E-state index contributed by atoms with van der Waals surface area (Å²) in [6, 6.07) is 2.54. The topological polar surface area (TPSA) is 75.3 Å². The van der Waals surface area contributed by atoms with Crippen molar-refractivity contribution >= 4 is 5.97 Å². The predicted octanol–water partition coefficient (Wildman–Crippen LogP) is 2.66. The van der Waals surface area contributed by atoms with Crippen LogP contribution in [0.3, 0.4) is 0 Å². The first-order chi connectivity index (χ1) is 9.68. The first kappa shape index (κ1) is 14.9. The molecule has 1 heterocycles. The molecule has 112 valence electrons. The van der Waals surface area contributed by atoms with Gasteiger partial charge in [-0.05, 0) is 25.1 Å². The molecule has 0 fully saturated rings. The van der Waals surface area contributed by atoms with Gasteiger partial charge in [0.25, 0.3) is 0 Å². The number of carbonyl (C=O) groups is 1. The first-order valence-electron chi connectivity index (χ1n) is 5.85. The monoisotopic (exact) mass is 300 g/mol. The van der Waals surface area contributed by atoms with E-state index in [1.165, 1.54) is 17.8 Å². The van der Waals surface area contributed by atoms with Gasteiger partial charge in [-0.2, -0.15) is 18.3 Å². The second-order valence-electron chi connectivity index (χ2n) is 4.47. The molecular weight excluding hydrogens is 289 g/mol. The van der Waals surface area contributed by atoms with Crippen molar-refractivity contribution in [3.8, 4) is 5.75 Å². The fourth-order valence-corrected chi connectivity index (χ4v) is 1.87. The smallest absolute Gasteiger partial charge is 0.416 e. The molecule has 1 aromatic carbocycles. The van der Waals surface area contributed by atoms with Gasteiger partial charge in [-0.25, -0.2) is 4.79 Å². The van der Waals surface area contributed by atoms with Gasteiger partial charge in [0.1, 0.15) is 11.3 Å². The Balaban J connectivity index is 2.35. The van der Waals surface area contributed by atoms with Gasteiger partial charge in [0.05, 0.1) is 17.8 Å². The Morgan fingerprint density at radius 3 is 2.57 bits per heavy atom. The van der Waals surface area contributed by atoms with E-state index in [4.69, 9.17) is 5.11 Å². The van der Waals surface area contributed by atoms with Crippen LogP contribution in [0, 0.1) is 6.92 Å². The maximum atomic E-state index is 12.6. The van der Waals surface area contributed by atoms with E-state index in [0.717, 1.165) is 18.2 Å². The number of carboxylic acid groups (broad SMARTS) is 1. The molecule has 21 heavy (non-hydrogen) atoms. The zero-order valence-corrected chi connectivity index (χ0v) is 10.8. The summed E-state index contributed by atoms with van der Waals surface area (Å²) >= 11 is 0. The molecule has 0 atom stereocenters. The lowest BCUT2D eigenvalue weighted by molar-refractivity contribution is -0.137. The van der Waals surface area contributed by atoms with Gasteiger partial charge >= 0.3 is 12.1 Å². The Morgan fingerprint density at radius 1 is 1.38 bits per heavy atom. The number of phenolic OH excluding ortho intramolecular Hbond substituents is 1. The van der Waals surface area contributed by atoms with Crippen molar-refractivity contribution in [1.82, 2.24) is 9.78 Å². The van der Waals surface area contributed by atoms with Crippen molar-refractivity contribution in [3.05, 3.63) is 46.8 Å². The number of aromatic nitrogens is 2. The summed E-state index contributed by atoms with van der Waals surface area (Å²) in [6.45, 7) is 1.32. The maximum absolute atomic E-state index is 12.6. The number of aromatic hydroxyl groups is 1. The summed E-state index contributed by atoms with van der Waals surface area (Å²) in [4.78, 5) is 10.9. The number of alkyl halides is 3. The Bertz CT molecular complexity index is 692. The largest absolute Gasteiger partial charge is 0.508 e. The molecule has 0 radical (unpaired) electrons. The molecule has 0 saturated heterocycles. The average molecular weight is 300 g/mol. The fourth-order valence-electron chi connectivity index (χ4n) is 1.87. The molecule has 2 rings (SSSR count). The summed E-state index contributed by atoms with van der Waals surface area (Å²) < 4.78 is 39.1. The molecule has 0 amide bonds. The molecule has 0 aliphatic carbocycles. The summed E-state index contributed by atoms with van der Waals surface area (Å²) in [7, 11) is 0. The average Bonchev–Trinajstić information content (AvgIpc) is 2.72. The number of rotatable bonds is 3. The third kappa shape index (κ3) is 3.15. The highest BCUT2D eigenvalue weighted by Gasteiger charge is 2.31.